The van der Waals surface area contributed by atoms with Crippen molar-refractivity contribution in [1.29, 1.82) is 0 Å². The molecule has 0 bridgehead atoms. The van der Waals surface area contributed by atoms with Crippen molar-refractivity contribution in [1.82, 2.24) is 9.62 Å². The number of sulfonamides is 1. The van der Waals surface area contributed by atoms with E-state index >= 15 is 0 Å². The van der Waals surface area contributed by atoms with Crippen LogP contribution in [0.5, 0.6) is 0 Å². The lowest BCUT2D eigenvalue weighted by molar-refractivity contribution is -0.132. The molecule has 0 aliphatic carbocycles. The van der Waals surface area contributed by atoms with Crippen molar-refractivity contribution >= 4 is 34.2 Å². The summed E-state index contributed by atoms with van der Waals surface area (Å²) in [6.07, 6.45) is 2.16. The molecule has 2 atom stereocenters. The number of amidine groups is 1. The van der Waals surface area contributed by atoms with Gasteiger partial charge in [-0.15, -0.1) is 12.4 Å². The number of likely N-dealkylation sites (tertiary alicyclic amines) is 1. The molecule has 0 spiro atoms. The smallest absolute Gasteiger partial charge is 0.263 e. The number of fused-ring (bicyclic) bond motifs is 1. The van der Waals surface area contributed by atoms with Crippen molar-refractivity contribution < 1.29 is 13.2 Å². The van der Waals surface area contributed by atoms with Gasteiger partial charge in [0.15, 0.2) is 0 Å². The van der Waals surface area contributed by atoms with E-state index in [1.54, 1.807) is 24.3 Å². The van der Waals surface area contributed by atoms with Gasteiger partial charge in [-0.05, 0) is 31.9 Å². The van der Waals surface area contributed by atoms with Crippen LogP contribution in [0.2, 0.25) is 0 Å². The summed E-state index contributed by atoms with van der Waals surface area (Å²) in [4.78, 5) is 18.9. The summed E-state index contributed by atoms with van der Waals surface area (Å²) in [5.74, 6) is 0.330. The van der Waals surface area contributed by atoms with Crippen molar-refractivity contribution in [2.75, 3.05) is 13.1 Å². The van der Waals surface area contributed by atoms with Crippen LogP contribution in [0.25, 0.3) is 0 Å². The number of halogens is 1. The number of nitrogens with two attached hydrogens (primary N) is 1. The minimum atomic E-state index is -3.55. The van der Waals surface area contributed by atoms with Crippen molar-refractivity contribution in [3.05, 3.63) is 29.8 Å². The molecule has 7 nitrogen and oxygen atoms in total. The molecule has 2 heterocycles. The summed E-state index contributed by atoms with van der Waals surface area (Å²) in [6, 6.07) is 6.50. The summed E-state index contributed by atoms with van der Waals surface area (Å²) < 4.78 is 26.6. The van der Waals surface area contributed by atoms with Gasteiger partial charge in [0.2, 0.25) is 5.91 Å². The predicted octanol–water partition coefficient (Wildman–Crippen LogP) is 0.875. The molecule has 2 aliphatic heterocycles. The second-order valence-electron chi connectivity index (χ2n) is 6.25. The third-order valence-corrected chi connectivity index (χ3v) is 5.85. The van der Waals surface area contributed by atoms with Gasteiger partial charge >= 0.3 is 0 Å². The average molecular weight is 387 g/mol. The molecule has 2 aliphatic rings. The number of aliphatic imine (C=N–C) groups is 1. The summed E-state index contributed by atoms with van der Waals surface area (Å²) in [5.41, 5.74) is 6.26. The Balaban J connectivity index is 0.00000225. The first-order valence-electron chi connectivity index (χ1n) is 8.12. The van der Waals surface area contributed by atoms with Gasteiger partial charge < -0.3 is 10.6 Å². The molecule has 1 fully saturated rings. The lowest BCUT2D eigenvalue weighted by Gasteiger charge is -2.24. The topological polar surface area (TPSA) is 105 Å². The molecule has 3 N–H and O–H groups in total. The van der Waals surface area contributed by atoms with E-state index < -0.39 is 10.0 Å². The van der Waals surface area contributed by atoms with Gasteiger partial charge in [-0.2, -0.15) is 0 Å². The van der Waals surface area contributed by atoms with Crippen molar-refractivity contribution in [2.24, 2.45) is 10.7 Å². The van der Waals surface area contributed by atoms with Gasteiger partial charge in [-0.1, -0.05) is 12.1 Å². The van der Waals surface area contributed by atoms with Crippen LogP contribution in [0.3, 0.4) is 0 Å². The Morgan fingerprint density at radius 1 is 1.44 bits per heavy atom. The quantitative estimate of drug-likeness (QED) is 0.801. The van der Waals surface area contributed by atoms with E-state index in [1.807, 2.05) is 11.8 Å². The fourth-order valence-corrected chi connectivity index (χ4v) is 4.51. The summed E-state index contributed by atoms with van der Waals surface area (Å²) in [7, 11) is -3.55. The van der Waals surface area contributed by atoms with Crippen LogP contribution in [-0.2, 0) is 14.8 Å². The third kappa shape index (κ3) is 3.96. The monoisotopic (exact) mass is 386 g/mol. The molecule has 9 heteroatoms. The number of hydrogen-bond donors (Lipinski definition) is 2. The Kier molecular flexibility index (Phi) is 6.08. The summed E-state index contributed by atoms with van der Waals surface area (Å²) in [6.45, 7) is 3.02. The number of nitrogens with one attached hydrogen (secondary N) is 1. The predicted molar refractivity (Wildman–Crippen MR) is 98.4 cm³/mol. The lowest BCUT2D eigenvalue weighted by atomic mass is 10.1. The van der Waals surface area contributed by atoms with Crippen molar-refractivity contribution in [2.45, 2.75) is 43.2 Å². The first-order valence-corrected chi connectivity index (χ1v) is 9.60. The first kappa shape index (κ1) is 19.7. The highest BCUT2D eigenvalue weighted by atomic mass is 35.5. The zero-order chi connectivity index (χ0) is 17.3. The fourth-order valence-electron chi connectivity index (χ4n) is 3.27. The minimum Gasteiger partial charge on any atom is -0.338 e. The van der Waals surface area contributed by atoms with Gasteiger partial charge in [-0.3, -0.25) is 14.5 Å². The summed E-state index contributed by atoms with van der Waals surface area (Å²) >= 11 is 0. The number of amides is 1. The van der Waals surface area contributed by atoms with Crippen LogP contribution in [0.15, 0.2) is 34.2 Å². The van der Waals surface area contributed by atoms with Gasteiger partial charge in [-0.25, -0.2) is 8.42 Å². The number of hydrogen-bond acceptors (Lipinski definition) is 5. The molecule has 1 saturated heterocycles. The van der Waals surface area contributed by atoms with Gasteiger partial charge in [0.25, 0.3) is 10.0 Å². The van der Waals surface area contributed by atoms with E-state index in [-0.39, 0.29) is 41.7 Å². The zero-order valence-electron chi connectivity index (χ0n) is 14.0. The zero-order valence-corrected chi connectivity index (χ0v) is 15.6. The number of carbonyl (C=O) groups excluding carboxylic acids is 1. The molecule has 3 rings (SSSR count). The maximum Gasteiger partial charge on any atom is 0.263 e. The van der Waals surface area contributed by atoms with Crippen LogP contribution in [0.1, 0.15) is 31.7 Å². The Labute approximate surface area is 154 Å². The van der Waals surface area contributed by atoms with E-state index in [2.05, 4.69) is 9.71 Å². The highest BCUT2D eigenvalue weighted by Gasteiger charge is 2.32. The maximum atomic E-state index is 12.4. The highest BCUT2D eigenvalue weighted by molar-refractivity contribution is 7.90. The van der Waals surface area contributed by atoms with Crippen LogP contribution >= 0.6 is 12.4 Å². The molecule has 2 unspecified atom stereocenters. The molecular formula is C16H23ClN4O3S. The second kappa shape index (κ2) is 7.72. The maximum absolute atomic E-state index is 12.4. The Morgan fingerprint density at radius 3 is 2.88 bits per heavy atom. The Bertz CT molecular complexity index is 781. The second-order valence-corrected chi connectivity index (χ2v) is 7.90. The lowest BCUT2D eigenvalue weighted by Crippen LogP contribution is -2.40. The highest BCUT2D eigenvalue weighted by Crippen LogP contribution is 2.23. The summed E-state index contributed by atoms with van der Waals surface area (Å²) in [5, 5.41) is 0. The molecule has 0 radical (unpaired) electrons. The number of benzene rings is 1. The van der Waals surface area contributed by atoms with E-state index in [9.17, 15) is 13.2 Å². The third-order valence-electron chi connectivity index (χ3n) is 4.45. The molecule has 25 heavy (non-hydrogen) atoms. The number of carbonyl (C=O) groups is 1. The van der Waals surface area contributed by atoms with Gasteiger partial charge in [0, 0.05) is 31.1 Å². The van der Waals surface area contributed by atoms with E-state index in [0.717, 1.165) is 19.4 Å². The van der Waals surface area contributed by atoms with Crippen LogP contribution in [0, 0.1) is 0 Å². The number of rotatable bonds is 4. The van der Waals surface area contributed by atoms with Gasteiger partial charge in [0.05, 0.1) is 10.9 Å². The van der Waals surface area contributed by atoms with Crippen molar-refractivity contribution in [3.8, 4) is 0 Å². The Morgan fingerprint density at radius 2 is 2.16 bits per heavy atom. The Hall–Kier alpha value is -1.64. The van der Waals surface area contributed by atoms with E-state index in [1.165, 1.54) is 0 Å². The largest absolute Gasteiger partial charge is 0.338 e. The van der Waals surface area contributed by atoms with Gasteiger partial charge in [0.1, 0.15) is 5.84 Å². The molecular weight excluding hydrogens is 364 g/mol. The van der Waals surface area contributed by atoms with Crippen LogP contribution in [-0.4, -0.2) is 50.2 Å². The average Bonchev–Trinajstić information content (AvgIpc) is 3.11. The molecule has 1 aromatic rings. The normalized spacial score (nSPS) is 23.7. The van der Waals surface area contributed by atoms with Crippen LogP contribution < -0.4 is 10.5 Å². The number of nitrogens with zero attached hydrogens (tertiary/aromatic N) is 2. The van der Waals surface area contributed by atoms with E-state index in [0.29, 0.717) is 17.9 Å². The van der Waals surface area contributed by atoms with E-state index in [4.69, 9.17) is 5.73 Å². The SMILES string of the molecule is CC(CC(=O)N1CCCC1CN)N=C1NS(=O)(=O)c2ccccc21.Cl. The molecule has 0 saturated carbocycles. The fraction of sp³-hybridized carbons (Fsp3) is 0.500. The van der Waals surface area contributed by atoms with Crippen molar-refractivity contribution in [3.63, 3.8) is 0 Å². The standard InChI is InChI=1S/C16H22N4O3S.ClH/c1-11(9-15(21)20-8-4-5-12(20)10-17)18-16-13-6-2-3-7-14(13)24(22,23)19-16;/h2-3,6-7,11-12H,4-5,8-10,17H2,1H3,(H,18,19);1H. The molecule has 138 valence electrons. The molecule has 1 amide bonds. The molecule has 1 aromatic carbocycles. The van der Waals surface area contributed by atoms with Crippen LogP contribution in [0.4, 0.5) is 0 Å². The minimum absolute atomic E-state index is 0. The first-order chi connectivity index (χ1) is 11.4. The molecule has 0 aromatic heterocycles.